The lowest BCUT2D eigenvalue weighted by atomic mass is 9.88. The molecule has 0 bridgehead atoms. The summed E-state index contributed by atoms with van der Waals surface area (Å²) in [6, 6.07) is -3.03. The van der Waals surface area contributed by atoms with Crippen molar-refractivity contribution in [2.75, 3.05) is 26.4 Å². The van der Waals surface area contributed by atoms with E-state index in [9.17, 15) is 73.3 Å². The number of aliphatic carboxylic acids is 1. The summed E-state index contributed by atoms with van der Waals surface area (Å²) in [6.07, 6.45) is -21.3. The molecule has 0 radical (unpaired) electrons. The van der Waals surface area contributed by atoms with Crippen LogP contribution in [0.15, 0.2) is 0 Å². The second-order valence-electron chi connectivity index (χ2n) is 14.4. The number of nitrogens with one attached hydrogen (secondary N) is 2. The van der Waals surface area contributed by atoms with Gasteiger partial charge in [0.1, 0.15) is 67.1 Å². The van der Waals surface area contributed by atoms with Crippen molar-refractivity contribution in [1.82, 2.24) is 10.6 Å². The fraction of sp³-hybridized carbons (Fsp3) is 0.909. The van der Waals surface area contributed by atoms with Gasteiger partial charge < -0.3 is 85.0 Å². The van der Waals surface area contributed by atoms with E-state index in [0.717, 1.165) is 46.0 Å². The standard InChI is InChI=1S/C33H58N2O22S/c1-4-5-6-7-8-9-10-51-30-22(35-16(3)39)25(44)27(20(54-30)14-52-58(48,49)50)55-31-26(45)29(24(43)19(13-37)53-31)57-33(32(46)47)11-17(40)21(34-15(2)38)28(56-33)23(42)18(41)12-36/h17-31,36-37,40-45H,4-14H2,1-3H3,(H,34,38)(H,35,39)(H,46,47)(H,48,49,50)/t17-,18+,19+,20+,21+,22+,23+,24-,25+,26+,27+,28+,29-,30+,31-,33-/m0/s1. The Morgan fingerprint density at radius 3 is 2.02 bits per heavy atom. The Labute approximate surface area is 334 Å². The normalized spacial score (nSPS) is 36.8. The molecule has 3 rings (SSSR count). The molecular formula is C33H58N2O22S. The van der Waals surface area contributed by atoms with Gasteiger partial charge in [0.2, 0.25) is 11.8 Å². The molecule has 3 aliphatic rings. The third kappa shape index (κ3) is 13.4. The molecule has 0 unspecified atom stereocenters. The van der Waals surface area contributed by atoms with Gasteiger partial charge in [-0.3, -0.25) is 14.1 Å². The van der Waals surface area contributed by atoms with E-state index >= 15 is 0 Å². The Hall–Kier alpha value is -2.28. The molecule has 3 aliphatic heterocycles. The van der Waals surface area contributed by atoms with E-state index < -0.39 is 152 Å². The van der Waals surface area contributed by atoms with Crippen LogP contribution in [0.4, 0.5) is 0 Å². The molecular weight excluding hydrogens is 808 g/mol. The van der Waals surface area contributed by atoms with Crippen LogP contribution < -0.4 is 10.6 Å². The maximum Gasteiger partial charge on any atom is 0.397 e. The predicted molar refractivity (Wildman–Crippen MR) is 189 cm³/mol. The van der Waals surface area contributed by atoms with Crippen molar-refractivity contribution < 1.29 is 106 Å². The zero-order chi connectivity index (χ0) is 43.5. The summed E-state index contributed by atoms with van der Waals surface area (Å²) < 4.78 is 71.3. The van der Waals surface area contributed by atoms with Crippen LogP contribution in [0.2, 0.25) is 0 Å². The van der Waals surface area contributed by atoms with Gasteiger partial charge in [-0.05, 0) is 6.42 Å². The van der Waals surface area contributed by atoms with E-state index in [0.29, 0.717) is 6.42 Å². The molecule has 25 heteroatoms. The van der Waals surface area contributed by atoms with E-state index in [1.165, 1.54) is 0 Å². The highest BCUT2D eigenvalue weighted by atomic mass is 32.3. The molecule has 24 nitrogen and oxygen atoms in total. The van der Waals surface area contributed by atoms with E-state index in [-0.39, 0.29) is 6.61 Å². The second kappa shape index (κ2) is 22.5. The molecule has 3 fully saturated rings. The first-order valence-electron chi connectivity index (χ1n) is 18.8. The molecule has 3 heterocycles. The molecule has 338 valence electrons. The summed E-state index contributed by atoms with van der Waals surface area (Å²) in [5.41, 5.74) is 0. The van der Waals surface area contributed by atoms with E-state index in [4.69, 9.17) is 28.4 Å². The highest BCUT2D eigenvalue weighted by Gasteiger charge is 2.60. The lowest BCUT2D eigenvalue weighted by Gasteiger charge is -2.51. The predicted octanol–water partition coefficient (Wildman–Crippen LogP) is -4.87. The fourth-order valence-electron chi connectivity index (χ4n) is 6.92. The van der Waals surface area contributed by atoms with Crippen LogP contribution in [0.5, 0.6) is 0 Å². The fourth-order valence-corrected chi connectivity index (χ4v) is 7.22. The first-order chi connectivity index (χ1) is 27.2. The van der Waals surface area contributed by atoms with Crippen LogP contribution in [0, 0.1) is 0 Å². The monoisotopic (exact) mass is 866 g/mol. The summed E-state index contributed by atoms with van der Waals surface area (Å²) in [5.74, 6) is -6.59. The first-order valence-corrected chi connectivity index (χ1v) is 20.2. The van der Waals surface area contributed by atoms with Gasteiger partial charge in [-0.1, -0.05) is 39.0 Å². The summed E-state index contributed by atoms with van der Waals surface area (Å²) >= 11 is 0. The molecule has 3 saturated heterocycles. The van der Waals surface area contributed by atoms with Crippen LogP contribution in [-0.2, 0) is 57.4 Å². The number of carboxylic acids is 1. The smallest absolute Gasteiger partial charge is 0.397 e. The van der Waals surface area contributed by atoms with Gasteiger partial charge in [-0.15, -0.1) is 0 Å². The zero-order valence-electron chi connectivity index (χ0n) is 32.2. The van der Waals surface area contributed by atoms with Crippen LogP contribution >= 0.6 is 0 Å². The van der Waals surface area contributed by atoms with Crippen molar-refractivity contribution in [2.24, 2.45) is 0 Å². The second-order valence-corrected chi connectivity index (χ2v) is 15.5. The van der Waals surface area contributed by atoms with Gasteiger partial charge in [0, 0.05) is 26.9 Å². The number of carboxylic acid groups (broad SMARTS) is 1. The van der Waals surface area contributed by atoms with Crippen molar-refractivity contribution >= 4 is 28.2 Å². The summed E-state index contributed by atoms with van der Waals surface area (Å²) in [6.45, 7) is 1.09. The van der Waals surface area contributed by atoms with E-state index in [2.05, 4.69) is 21.7 Å². The Bertz CT molecular complexity index is 1430. The van der Waals surface area contributed by atoms with Gasteiger partial charge in [-0.2, -0.15) is 8.42 Å². The number of hydrogen-bond donors (Lipinski definition) is 12. The largest absolute Gasteiger partial charge is 0.477 e. The molecule has 58 heavy (non-hydrogen) atoms. The van der Waals surface area contributed by atoms with Gasteiger partial charge in [0.15, 0.2) is 12.6 Å². The third-order valence-corrected chi connectivity index (χ3v) is 10.3. The highest BCUT2D eigenvalue weighted by Crippen LogP contribution is 2.38. The van der Waals surface area contributed by atoms with Crippen molar-refractivity contribution in [1.29, 1.82) is 0 Å². The number of amides is 2. The maximum absolute atomic E-state index is 12.8. The number of hydrogen-bond acceptors (Lipinski definition) is 20. The number of aliphatic hydroxyl groups is 8. The molecule has 0 aromatic carbocycles. The molecule has 0 aliphatic carbocycles. The molecule has 0 aromatic heterocycles. The minimum Gasteiger partial charge on any atom is -0.477 e. The van der Waals surface area contributed by atoms with E-state index in [1.807, 2.05) is 0 Å². The van der Waals surface area contributed by atoms with Gasteiger partial charge in [0.05, 0.1) is 32.0 Å². The lowest BCUT2D eigenvalue weighted by molar-refractivity contribution is -0.382. The number of unbranched alkanes of at least 4 members (excludes halogenated alkanes) is 5. The van der Waals surface area contributed by atoms with Crippen LogP contribution in [0.25, 0.3) is 0 Å². The zero-order valence-corrected chi connectivity index (χ0v) is 33.0. The topological polar surface area (TPSA) is 376 Å². The van der Waals surface area contributed by atoms with Gasteiger partial charge >= 0.3 is 16.4 Å². The van der Waals surface area contributed by atoms with Crippen molar-refractivity contribution in [3.8, 4) is 0 Å². The average Bonchev–Trinajstić information content (AvgIpc) is 3.15. The van der Waals surface area contributed by atoms with Crippen LogP contribution in [-0.4, -0.2) is 201 Å². The molecule has 2 amide bonds. The number of carbonyl (C=O) groups is 3. The molecule has 0 spiro atoms. The number of rotatable bonds is 22. The molecule has 0 aromatic rings. The molecule has 16 atom stereocenters. The van der Waals surface area contributed by atoms with Crippen molar-refractivity contribution in [3.05, 3.63) is 0 Å². The SMILES string of the molecule is CCCCCCCCO[C@@H]1O[C@H](COS(=O)(=O)O)[C@@H](O[C@@H]2O[C@H](CO)[C@H](O)[C@H](O[C@]3(C(=O)O)C[C@H](O)[C@@H](NC(C)=O)[C@H]([C@H](O)[C@H](O)CO)O3)[C@H]2O)[C@H](O)[C@H]1NC(C)=O. The minimum atomic E-state index is -5.14. The minimum absolute atomic E-state index is 0.0705. The summed E-state index contributed by atoms with van der Waals surface area (Å²) in [4.78, 5) is 37.0. The quantitative estimate of drug-likeness (QED) is 0.0358. The number of ether oxygens (including phenoxy) is 6. The Balaban J connectivity index is 1.96. The Morgan fingerprint density at radius 1 is 0.845 bits per heavy atom. The number of aliphatic hydroxyl groups excluding tert-OH is 8. The Morgan fingerprint density at radius 2 is 1.45 bits per heavy atom. The molecule has 0 saturated carbocycles. The van der Waals surface area contributed by atoms with Gasteiger partial charge in [0.25, 0.3) is 5.79 Å². The highest BCUT2D eigenvalue weighted by molar-refractivity contribution is 7.80. The van der Waals surface area contributed by atoms with E-state index in [1.54, 1.807) is 0 Å². The third-order valence-electron chi connectivity index (χ3n) is 9.83. The summed E-state index contributed by atoms with van der Waals surface area (Å²) in [7, 11) is -5.14. The lowest BCUT2D eigenvalue weighted by Crippen LogP contribution is -2.71. The Kier molecular flexibility index (Phi) is 19.5. The maximum atomic E-state index is 12.8. The first kappa shape index (κ1) is 50.1. The van der Waals surface area contributed by atoms with Crippen LogP contribution in [0.1, 0.15) is 65.7 Å². The van der Waals surface area contributed by atoms with Gasteiger partial charge in [-0.25, -0.2) is 8.98 Å². The van der Waals surface area contributed by atoms with Crippen LogP contribution in [0.3, 0.4) is 0 Å². The summed E-state index contributed by atoms with van der Waals surface area (Å²) in [5, 5.41) is 101. The number of carbonyl (C=O) groups excluding carboxylic acids is 2. The average molecular weight is 867 g/mol. The van der Waals surface area contributed by atoms with Crippen molar-refractivity contribution in [2.45, 2.75) is 163 Å². The van der Waals surface area contributed by atoms with Crippen molar-refractivity contribution in [3.63, 3.8) is 0 Å². The molecule has 12 N–H and O–H groups in total.